The van der Waals surface area contributed by atoms with Gasteiger partial charge in [0.05, 0.1) is 12.2 Å². The van der Waals surface area contributed by atoms with E-state index >= 15 is 0 Å². The molecule has 1 rings (SSSR count). The summed E-state index contributed by atoms with van der Waals surface area (Å²) in [6, 6.07) is 8.28. The Balaban J connectivity index is 0. The zero-order valence-corrected chi connectivity index (χ0v) is 18.6. The summed E-state index contributed by atoms with van der Waals surface area (Å²) in [5, 5.41) is 13.9. The standard InChI is InChI=1S/C13H19O.C4H6O7S.Na/c1-3-5-8-12-9-6-7-10-13(12)14-11-4-2;5-3(6)1-2(4(7)8)12(9,10)11;/h6-7,9-11H,3-5,8H2,1-2H3;2H,1H2,(H,5,6)(H,7,8)(H,9,10,11);/q-1;;+1. The van der Waals surface area contributed by atoms with Crippen LogP contribution in [-0.4, -0.2) is 40.4 Å². The number of carboxylic acid groups (broad SMARTS) is 2. The fourth-order valence-corrected chi connectivity index (χ4v) is 2.45. The van der Waals surface area contributed by atoms with E-state index in [0.717, 1.165) is 18.6 Å². The summed E-state index contributed by atoms with van der Waals surface area (Å²) >= 11 is 0. The molecule has 0 amide bonds. The molecule has 1 aromatic carbocycles. The van der Waals surface area contributed by atoms with Crippen LogP contribution in [0.25, 0.3) is 0 Å². The summed E-state index contributed by atoms with van der Waals surface area (Å²) in [6.45, 7) is 6.14. The molecule has 0 bridgehead atoms. The molecule has 0 heterocycles. The number of hydrogen-bond donors (Lipinski definition) is 3. The van der Waals surface area contributed by atoms with Gasteiger partial charge in [0.1, 0.15) is 0 Å². The maximum absolute atomic E-state index is 10.2. The Labute approximate surface area is 182 Å². The molecule has 0 aliphatic carbocycles. The SMILES string of the molecule is CC[CH-]Oc1ccccc1CCCC.O=C(O)CC(C(=O)O)S(=O)(=O)O.[Na+]. The van der Waals surface area contributed by atoms with Gasteiger partial charge in [-0.15, -0.1) is 6.42 Å². The van der Waals surface area contributed by atoms with Crippen molar-refractivity contribution in [3.8, 4) is 5.75 Å². The van der Waals surface area contributed by atoms with E-state index in [2.05, 4.69) is 26.0 Å². The Morgan fingerprint density at radius 1 is 1.19 bits per heavy atom. The average molecular weight is 412 g/mol. The van der Waals surface area contributed by atoms with Crippen molar-refractivity contribution >= 4 is 22.1 Å². The largest absolute Gasteiger partial charge is 1.00 e. The number of rotatable bonds is 10. The Kier molecular flexibility index (Phi) is 15.5. The number of unbranched alkanes of at least 4 members (excludes halogenated alkanes) is 1. The maximum Gasteiger partial charge on any atom is 1.00 e. The van der Waals surface area contributed by atoms with Crippen LogP contribution in [0.4, 0.5) is 0 Å². The van der Waals surface area contributed by atoms with Gasteiger partial charge in [-0.1, -0.05) is 38.5 Å². The third-order valence-corrected chi connectivity index (χ3v) is 4.23. The van der Waals surface area contributed by atoms with Crippen LogP contribution >= 0.6 is 0 Å². The van der Waals surface area contributed by atoms with E-state index in [1.54, 1.807) is 0 Å². The second kappa shape index (κ2) is 14.9. The number of aryl methyl sites for hydroxylation is 1. The van der Waals surface area contributed by atoms with Crippen molar-refractivity contribution in [1.29, 1.82) is 0 Å². The molecule has 8 nitrogen and oxygen atoms in total. The minimum absolute atomic E-state index is 0. The van der Waals surface area contributed by atoms with Crippen LogP contribution in [0.3, 0.4) is 0 Å². The third-order valence-electron chi connectivity index (χ3n) is 3.14. The van der Waals surface area contributed by atoms with Gasteiger partial charge in [-0.2, -0.15) is 15.0 Å². The Morgan fingerprint density at radius 3 is 2.19 bits per heavy atom. The van der Waals surface area contributed by atoms with E-state index < -0.39 is 33.7 Å². The predicted molar refractivity (Wildman–Crippen MR) is 95.5 cm³/mol. The molecule has 0 fully saturated rings. The quantitative estimate of drug-likeness (QED) is 0.273. The van der Waals surface area contributed by atoms with Gasteiger partial charge in [-0.05, 0) is 24.5 Å². The number of benzene rings is 1. The van der Waals surface area contributed by atoms with Gasteiger partial charge in [0.2, 0.25) is 0 Å². The molecular weight excluding hydrogens is 387 g/mol. The van der Waals surface area contributed by atoms with Gasteiger partial charge in [0.25, 0.3) is 10.1 Å². The van der Waals surface area contributed by atoms with Crippen LogP contribution in [0.1, 0.15) is 45.1 Å². The van der Waals surface area contributed by atoms with E-state index in [0.29, 0.717) is 0 Å². The number of carbonyl (C=O) groups is 2. The summed E-state index contributed by atoms with van der Waals surface area (Å²) in [4.78, 5) is 20.0. The molecule has 0 radical (unpaired) electrons. The first-order valence-electron chi connectivity index (χ1n) is 8.10. The number of para-hydroxylation sites is 1. The molecule has 0 saturated carbocycles. The zero-order chi connectivity index (χ0) is 20.2. The number of aliphatic carboxylic acids is 2. The first-order chi connectivity index (χ1) is 12.1. The molecular formula is C17H25NaO8S. The third kappa shape index (κ3) is 12.8. The van der Waals surface area contributed by atoms with Gasteiger partial charge in [-0.25, -0.2) is 0 Å². The van der Waals surface area contributed by atoms with Crippen LogP contribution in [0, 0.1) is 6.61 Å². The number of ether oxygens (including phenoxy) is 1. The van der Waals surface area contributed by atoms with E-state index in [-0.39, 0.29) is 29.6 Å². The predicted octanol–water partition coefficient (Wildman–Crippen LogP) is -0.214. The fourth-order valence-electron chi connectivity index (χ4n) is 1.84. The monoisotopic (exact) mass is 412 g/mol. The van der Waals surface area contributed by atoms with Crippen molar-refractivity contribution in [2.75, 3.05) is 0 Å². The van der Waals surface area contributed by atoms with Crippen LogP contribution in [0.2, 0.25) is 0 Å². The fraction of sp³-hybridized carbons (Fsp3) is 0.471. The van der Waals surface area contributed by atoms with Crippen molar-refractivity contribution in [2.45, 2.75) is 51.2 Å². The number of hydrogen-bond acceptors (Lipinski definition) is 5. The minimum atomic E-state index is -4.84. The summed E-state index contributed by atoms with van der Waals surface area (Å²) in [7, 11) is -4.84. The molecule has 0 aromatic heterocycles. The average Bonchev–Trinajstić information content (AvgIpc) is 2.56. The summed E-state index contributed by atoms with van der Waals surface area (Å²) in [5.41, 5.74) is 1.32. The van der Waals surface area contributed by atoms with E-state index in [1.165, 1.54) is 18.4 Å². The second-order valence-electron chi connectivity index (χ2n) is 5.34. The van der Waals surface area contributed by atoms with Gasteiger partial charge >= 0.3 is 41.5 Å². The normalized spacial score (nSPS) is 11.4. The van der Waals surface area contributed by atoms with Crippen molar-refractivity contribution in [1.82, 2.24) is 0 Å². The van der Waals surface area contributed by atoms with Crippen LogP contribution in [-0.2, 0) is 26.1 Å². The summed E-state index contributed by atoms with van der Waals surface area (Å²) < 4.78 is 34.2. The van der Waals surface area contributed by atoms with Crippen LogP contribution in [0.5, 0.6) is 5.75 Å². The summed E-state index contributed by atoms with van der Waals surface area (Å²) in [6.07, 6.45) is 3.36. The van der Waals surface area contributed by atoms with Crippen LogP contribution < -0.4 is 34.3 Å². The molecule has 3 N–H and O–H groups in total. The maximum atomic E-state index is 10.2. The molecule has 1 atom stereocenters. The van der Waals surface area contributed by atoms with Crippen molar-refractivity contribution in [3.05, 3.63) is 36.4 Å². The molecule has 0 aliphatic heterocycles. The molecule has 1 unspecified atom stereocenters. The van der Waals surface area contributed by atoms with E-state index in [1.807, 2.05) is 18.7 Å². The van der Waals surface area contributed by atoms with Gasteiger partial charge < -0.3 is 14.9 Å². The smallest absolute Gasteiger partial charge is 0.662 e. The van der Waals surface area contributed by atoms with Crippen LogP contribution in [0.15, 0.2) is 24.3 Å². The minimum Gasteiger partial charge on any atom is -0.662 e. The van der Waals surface area contributed by atoms with Gasteiger partial charge in [0.15, 0.2) is 5.25 Å². The number of carboxylic acids is 2. The first kappa shape index (κ1) is 28.1. The van der Waals surface area contributed by atoms with Crippen molar-refractivity contribution < 1.29 is 67.1 Å². The first-order valence-corrected chi connectivity index (χ1v) is 9.60. The molecule has 0 saturated heterocycles. The molecule has 0 spiro atoms. The molecule has 10 heteroatoms. The van der Waals surface area contributed by atoms with Crippen molar-refractivity contribution in [3.63, 3.8) is 0 Å². The second-order valence-corrected chi connectivity index (χ2v) is 6.94. The topological polar surface area (TPSA) is 138 Å². The van der Waals surface area contributed by atoms with E-state index in [9.17, 15) is 18.0 Å². The summed E-state index contributed by atoms with van der Waals surface area (Å²) in [5.74, 6) is -2.48. The van der Waals surface area contributed by atoms with Crippen molar-refractivity contribution in [2.24, 2.45) is 0 Å². The Bertz CT molecular complexity index is 648. The molecule has 27 heavy (non-hydrogen) atoms. The Morgan fingerprint density at radius 2 is 1.78 bits per heavy atom. The molecule has 148 valence electrons. The molecule has 0 aliphatic rings. The van der Waals surface area contributed by atoms with E-state index in [4.69, 9.17) is 19.5 Å². The zero-order valence-electron chi connectivity index (χ0n) is 15.8. The van der Waals surface area contributed by atoms with Gasteiger partial charge in [-0.3, -0.25) is 14.1 Å². The Hall–Kier alpha value is -1.13. The molecule has 1 aromatic rings. The van der Waals surface area contributed by atoms with Gasteiger partial charge in [0, 0.05) is 0 Å².